The molecule has 1 aromatic heterocycles. The zero-order chi connectivity index (χ0) is 16.9. The van der Waals surface area contributed by atoms with Gasteiger partial charge in [0, 0.05) is 31.1 Å². The van der Waals surface area contributed by atoms with E-state index in [0.717, 1.165) is 17.1 Å². The van der Waals surface area contributed by atoms with Gasteiger partial charge in [-0.1, -0.05) is 18.2 Å². The molecule has 0 bridgehead atoms. The van der Waals surface area contributed by atoms with Crippen molar-refractivity contribution < 1.29 is 4.92 Å². The molecule has 7 nitrogen and oxygen atoms in total. The highest BCUT2D eigenvalue weighted by Crippen LogP contribution is 2.30. The SMILES string of the molecule is Cn1cncc1CNc1cc([N+](=O)[O-])ccc1Nc1ccccc1. The number of hydrogen-bond acceptors (Lipinski definition) is 5. The molecular weight excluding hydrogens is 306 g/mol. The first kappa shape index (κ1) is 15.5. The van der Waals surface area contributed by atoms with E-state index in [0.29, 0.717) is 12.2 Å². The van der Waals surface area contributed by atoms with Crippen LogP contribution in [0.15, 0.2) is 61.1 Å². The number of rotatable bonds is 6. The number of aryl methyl sites for hydroxylation is 1. The molecule has 7 heteroatoms. The van der Waals surface area contributed by atoms with Gasteiger partial charge in [-0.05, 0) is 18.2 Å². The van der Waals surface area contributed by atoms with Gasteiger partial charge in [0.1, 0.15) is 0 Å². The second kappa shape index (κ2) is 6.82. The third-order valence-corrected chi connectivity index (χ3v) is 3.64. The number of imidazole rings is 1. The third-order valence-electron chi connectivity index (χ3n) is 3.64. The van der Waals surface area contributed by atoms with Crippen LogP contribution in [-0.2, 0) is 13.6 Å². The number of non-ortho nitro benzene ring substituents is 1. The Labute approximate surface area is 139 Å². The molecule has 0 spiro atoms. The fourth-order valence-electron chi connectivity index (χ4n) is 2.32. The summed E-state index contributed by atoms with van der Waals surface area (Å²) in [5.74, 6) is 0. The average molecular weight is 323 g/mol. The van der Waals surface area contributed by atoms with Crippen LogP contribution in [0.5, 0.6) is 0 Å². The minimum absolute atomic E-state index is 0.0427. The molecule has 0 radical (unpaired) electrons. The van der Waals surface area contributed by atoms with Crippen molar-refractivity contribution in [1.82, 2.24) is 9.55 Å². The summed E-state index contributed by atoms with van der Waals surface area (Å²) in [7, 11) is 1.90. The van der Waals surface area contributed by atoms with Crippen LogP contribution in [0.25, 0.3) is 0 Å². The Balaban J connectivity index is 1.86. The molecule has 1 heterocycles. The van der Waals surface area contributed by atoms with Gasteiger partial charge >= 0.3 is 0 Å². The summed E-state index contributed by atoms with van der Waals surface area (Å²) in [6, 6.07) is 14.4. The maximum atomic E-state index is 11.1. The Bertz CT molecular complexity index is 845. The molecule has 0 unspecified atom stereocenters. The number of para-hydroxylation sites is 1. The van der Waals surface area contributed by atoms with Gasteiger partial charge in [0.25, 0.3) is 5.69 Å². The zero-order valence-electron chi connectivity index (χ0n) is 13.1. The fraction of sp³-hybridized carbons (Fsp3) is 0.118. The molecule has 3 rings (SSSR count). The molecule has 0 aliphatic carbocycles. The molecule has 122 valence electrons. The Morgan fingerprint density at radius 1 is 1.17 bits per heavy atom. The van der Waals surface area contributed by atoms with Crippen molar-refractivity contribution in [3.05, 3.63) is 76.9 Å². The van der Waals surface area contributed by atoms with Crippen LogP contribution in [0.2, 0.25) is 0 Å². The smallest absolute Gasteiger partial charge is 0.271 e. The maximum Gasteiger partial charge on any atom is 0.271 e. The first-order valence-corrected chi connectivity index (χ1v) is 7.43. The van der Waals surface area contributed by atoms with Gasteiger partial charge in [-0.15, -0.1) is 0 Å². The molecule has 0 saturated heterocycles. The molecule has 0 aliphatic heterocycles. The highest BCUT2D eigenvalue weighted by molar-refractivity contribution is 5.76. The van der Waals surface area contributed by atoms with E-state index in [1.54, 1.807) is 18.6 Å². The van der Waals surface area contributed by atoms with E-state index in [2.05, 4.69) is 15.6 Å². The van der Waals surface area contributed by atoms with Crippen LogP contribution in [0.1, 0.15) is 5.69 Å². The van der Waals surface area contributed by atoms with Gasteiger partial charge in [0.15, 0.2) is 0 Å². The second-order valence-corrected chi connectivity index (χ2v) is 5.33. The Hall–Kier alpha value is -3.35. The van der Waals surface area contributed by atoms with Crippen molar-refractivity contribution in [2.24, 2.45) is 7.05 Å². The van der Waals surface area contributed by atoms with Crippen molar-refractivity contribution in [3.63, 3.8) is 0 Å². The largest absolute Gasteiger partial charge is 0.378 e. The van der Waals surface area contributed by atoms with Crippen molar-refractivity contribution >= 4 is 22.7 Å². The summed E-state index contributed by atoms with van der Waals surface area (Å²) < 4.78 is 1.90. The molecule has 3 aromatic rings. The lowest BCUT2D eigenvalue weighted by Gasteiger charge is -2.14. The summed E-state index contributed by atoms with van der Waals surface area (Å²) in [6.07, 6.45) is 3.47. The van der Waals surface area contributed by atoms with E-state index in [1.165, 1.54) is 12.1 Å². The van der Waals surface area contributed by atoms with Crippen molar-refractivity contribution in [1.29, 1.82) is 0 Å². The predicted octanol–water partition coefficient (Wildman–Crippen LogP) is 3.68. The van der Waals surface area contributed by atoms with Crippen LogP contribution in [0, 0.1) is 10.1 Å². The van der Waals surface area contributed by atoms with Gasteiger partial charge in [0.05, 0.1) is 34.9 Å². The summed E-state index contributed by atoms with van der Waals surface area (Å²) in [6.45, 7) is 0.515. The van der Waals surface area contributed by atoms with E-state index in [9.17, 15) is 10.1 Å². The van der Waals surface area contributed by atoms with E-state index in [-0.39, 0.29) is 5.69 Å². The summed E-state index contributed by atoms with van der Waals surface area (Å²) >= 11 is 0. The van der Waals surface area contributed by atoms with Crippen LogP contribution in [-0.4, -0.2) is 14.5 Å². The van der Waals surface area contributed by atoms with Gasteiger partial charge < -0.3 is 15.2 Å². The van der Waals surface area contributed by atoms with Crippen molar-refractivity contribution in [3.8, 4) is 0 Å². The van der Waals surface area contributed by atoms with Crippen LogP contribution in [0.3, 0.4) is 0 Å². The first-order valence-electron chi connectivity index (χ1n) is 7.43. The first-order chi connectivity index (χ1) is 11.6. The van der Waals surface area contributed by atoms with E-state index in [1.807, 2.05) is 41.9 Å². The van der Waals surface area contributed by atoms with Crippen LogP contribution >= 0.6 is 0 Å². The normalized spacial score (nSPS) is 10.4. The number of nitro benzene ring substituents is 1. The standard InChI is InChI=1S/C17H17N5O2/c1-21-12-18-10-15(21)11-19-17-9-14(22(23)24)7-8-16(17)20-13-5-3-2-4-6-13/h2-10,12,19-20H,11H2,1H3. The van der Waals surface area contributed by atoms with Crippen LogP contribution in [0.4, 0.5) is 22.7 Å². The number of nitrogens with one attached hydrogen (secondary N) is 2. The highest BCUT2D eigenvalue weighted by Gasteiger charge is 2.11. The lowest BCUT2D eigenvalue weighted by Crippen LogP contribution is -2.06. The molecular formula is C17H17N5O2. The molecule has 2 aromatic carbocycles. The van der Waals surface area contributed by atoms with Gasteiger partial charge in [-0.3, -0.25) is 10.1 Å². The topological polar surface area (TPSA) is 85.0 Å². The van der Waals surface area contributed by atoms with Crippen LogP contribution < -0.4 is 10.6 Å². The molecule has 0 aliphatic rings. The number of nitro groups is 1. The van der Waals surface area contributed by atoms with E-state index < -0.39 is 4.92 Å². The molecule has 2 N–H and O–H groups in total. The number of hydrogen-bond donors (Lipinski definition) is 2. The number of benzene rings is 2. The fourth-order valence-corrected chi connectivity index (χ4v) is 2.32. The third kappa shape index (κ3) is 3.52. The predicted molar refractivity (Wildman–Crippen MR) is 93.4 cm³/mol. The molecule has 0 atom stereocenters. The molecule has 24 heavy (non-hydrogen) atoms. The number of aromatic nitrogens is 2. The van der Waals surface area contributed by atoms with E-state index in [4.69, 9.17) is 0 Å². The Kier molecular flexibility index (Phi) is 4.42. The Morgan fingerprint density at radius 2 is 1.96 bits per heavy atom. The zero-order valence-corrected chi connectivity index (χ0v) is 13.1. The lowest BCUT2D eigenvalue weighted by molar-refractivity contribution is -0.384. The van der Waals surface area contributed by atoms with Gasteiger partial charge in [-0.2, -0.15) is 0 Å². The molecule has 0 saturated carbocycles. The summed E-state index contributed by atoms with van der Waals surface area (Å²) in [4.78, 5) is 14.7. The number of anilines is 3. The lowest BCUT2D eigenvalue weighted by atomic mass is 10.2. The minimum Gasteiger partial charge on any atom is -0.378 e. The minimum atomic E-state index is -0.401. The monoisotopic (exact) mass is 323 g/mol. The average Bonchev–Trinajstić information content (AvgIpc) is 3.00. The number of nitrogens with zero attached hydrogens (tertiary/aromatic N) is 3. The second-order valence-electron chi connectivity index (χ2n) is 5.33. The van der Waals surface area contributed by atoms with E-state index >= 15 is 0 Å². The quantitative estimate of drug-likeness (QED) is 0.534. The summed E-state index contributed by atoms with van der Waals surface area (Å²) in [5.41, 5.74) is 3.37. The summed E-state index contributed by atoms with van der Waals surface area (Å²) in [5, 5.41) is 17.6. The highest BCUT2D eigenvalue weighted by atomic mass is 16.6. The van der Waals surface area contributed by atoms with Gasteiger partial charge in [-0.25, -0.2) is 4.98 Å². The van der Waals surface area contributed by atoms with Gasteiger partial charge in [0.2, 0.25) is 0 Å². The Morgan fingerprint density at radius 3 is 2.62 bits per heavy atom. The van der Waals surface area contributed by atoms with Crippen molar-refractivity contribution in [2.75, 3.05) is 10.6 Å². The van der Waals surface area contributed by atoms with Crippen molar-refractivity contribution in [2.45, 2.75) is 6.54 Å². The molecule has 0 amide bonds. The molecule has 0 fully saturated rings. The maximum absolute atomic E-state index is 11.1.